The van der Waals surface area contributed by atoms with Crippen molar-refractivity contribution < 1.29 is 4.74 Å². The molecule has 0 saturated carbocycles. The van der Waals surface area contributed by atoms with Gasteiger partial charge in [-0.15, -0.1) is 0 Å². The average molecular weight is 293 g/mol. The Labute approximate surface area is 130 Å². The van der Waals surface area contributed by atoms with E-state index in [0.29, 0.717) is 0 Å². The molecule has 0 radical (unpaired) electrons. The number of nitrogens with one attached hydrogen (secondary N) is 1. The van der Waals surface area contributed by atoms with Crippen LogP contribution >= 0.6 is 0 Å². The highest BCUT2D eigenvalue weighted by atomic mass is 16.5. The van der Waals surface area contributed by atoms with E-state index >= 15 is 0 Å². The van der Waals surface area contributed by atoms with Crippen molar-refractivity contribution in [2.24, 2.45) is 0 Å². The topological polar surface area (TPSA) is 47.0 Å². The first-order chi connectivity index (χ1) is 10.8. The van der Waals surface area contributed by atoms with Crippen molar-refractivity contribution in [1.29, 1.82) is 0 Å². The molecule has 4 nitrogen and oxygen atoms in total. The van der Waals surface area contributed by atoms with Crippen LogP contribution in [-0.2, 0) is 6.42 Å². The highest BCUT2D eigenvalue weighted by Crippen LogP contribution is 2.20. The molecule has 0 saturated heterocycles. The molecule has 0 aliphatic rings. The van der Waals surface area contributed by atoms with E-state index in [2.05, 4.69) is 46.5 Å². The number of nitrogens with zero attached hydrogens (tertiary/aromatic N) is 2. The van der Waals surface area contributed by atoms with Crippen molar-refractivity contribution in [3.05, 3.63) is 59.9 Å². The summed E-state index contributed by atoms with van der Waals surface area (Å²) in [6.07, 6.45) is 2.51. The quantitative estimate of drug-likeness (QED) is 0.780. The molecule has 0 amide bonds. The molecule has 1 aromatic heterocycles. The molecule has 4 heteroatoms. The van der Waals surface area contributed by atoms with E-state index in [1.54, 1.807) is 13.4 Å². The normalized spacial score (nSPS) is 10.6. The van der Waals surface area contributed by atoms with E-state index in [-0.39, 0.29) is 0 Å². The third kappa shape index (κ3) is 3.17. The second-order valence-electron chi connectivity index (χ2n) is 5.27. The predicted octanol–water partition coefficient (Wildman–Crippen LogP) is 3.60. The molecule has 0 spiro atoms. The molecule has 0 unspecified atom stereocenters. The van der Waals surface area contributed by atoms with Crippen molar-refractivity contribution in [3.8, 4) is 5.75 Å². The number of aromatic nitrogens is 2. The number of fused-ring (bicyclic) bond motifs is 1. The first-order valence-corrected chi connectivity index (χ1v) is 7.34. The molecule has 1 heterocycles. The molecule has 0 fully saturated rings. The minimum Gasteiger partial charge on any atom is -0.497 e. The Morgan fingerprint density at radius 3 is 2.86 bits per heavy atom. The van der Waals surface area contributed by atoms with Crippen molar-refractivity contribution in [2.75, 3.05) is 19.0 Å². The average Bonchev–Trinajstić information content (AvgIpc) is 2.55. The number of benzene rings is 2. The van der Waals surface area contributed by atoms with Gasteiger partial charge in [-0.1, -0.05) is 23.8 Å². The molecule has 1 N–H and O–H groups in total. The van der Waals surface area contributed by atoms with Crippen LogP contribution in [0.25, 0.3) is 10.9 Å². The number of ether oxygens (including phenoxy) is 1. The zero-order chi connectivity index (χ0) is 15.4. The number of aryl methyl sites for hydroxylation is 1. The lowest BCUT2D eigenvalue weighted by molar-refractivity contribution is 0.414. The summed E-state index contributed by atoms with van der Waals surface area (Å²) in [6.45, 7) is 2.89. The zero-order valence-electron chi connectivity index (χ0n) is 12.8. The molecule has 112 valence electrons. The van der Waals surface area contributed by atoms with Gasteiger partial charge >= 0.3 is 0 Å². The van der Waals surface area contributed by atoms with Crippen LogP contribution in [0.1, 0.15) is 11.1 Å². The number of methoxy groups -OCH3 is 1. The fourth-order valence-electron chi connectivity index (χ4n) is 2.46. The molecule has 0 aliphatic carbocycles. The fourth-order valence-corrected chi connectivity index (χ4v) is 2.46. The smallest absolute Gasteiger partial charge is 0.137 e. The molecule has 0 bridgehead atoms. The van der Waals surface area contributed by atoms with Crippen LogP contribution in [0.5, 0.6) is 5.75 Å². The predicted molar refractivity (Wildman–Crippen MR) is 89.5 cm³/mol. The summed E-state index contributed by atoms with van der Waals surface area (Å²) < 4.78 is 5.25. The molecule has 3 rings (SSSR count). The highest BCUT2D eigenvalue weighted by molar-refractivity contribution is 5.89. The van der Waals surface area contributed by atoms with Crippen LogP contribution in [0.4, 0.5) is 5.82 Å². The number of hydrogen-bond acceptors (Lipinski definition) is 4. The molecular formula is C18H19N3O. The van der Waals surface area contributed by atoms with Gasteiger partial charge in [-0.2, -0.15) is 0 Å². The Balaban J connectivity index is 1.72. The first kappa shape index (κ1) is 14.3. The van der Waals surface area contributed by atoms with Crippen LogP contribution in [0.2, 0.25) is 0 Å². The maximum absolute atomic E-state index is 5.25. The molecule has 2 aromatic carbocycles. The maximum Gasteiger partial charge on any atom is 0.137 e. The Hall–Kier alpha value is -2.62. The molecule has 0 aliphatic heterocycles. The van der Waals surface area contributed by atoms with Crippen molar-refractivity contribution in [1.82, 2.24) is 9.97 Å². The maximum atomic E-state index is 5.25. The van der Waals surface area contributed by atoms with E-state index in [9.17, 15) is 0 Å². The van der Waals surface area contributed by atoms with Gasteiger partial charge in [0.15, 0.2) is 0 Å². The van der Waals surface area contributed by atoms with Crippen molar-refractivity contribution in [3.63, 3.8) is 0 Å². The largest absolute Gasteiger partial charge is 0.497 e. The number of rotatable bonds is 5. The van der Waals surface area contributed by atoms with Gasteiger partial charge in [0.1, 0.15) is 17.9 Å². The van der Waals surface area contributed by atoms with Gasteiger partial charge in [0, 0.05) is 11.9 Å². The van der Waals surface area contributed by atoms with Crippen LogP contribution in [0, 0.1) is 6.92 Å². The van der Waals surface area contributed by atoms with Gasteiger partial charge < -0.3 is 10.1 Å². The van der Waals surface area contributed by atoms with E-state index in [0.717, 1.165) is 35.4 Å². The molecule has 22 heavy (non-hydrogen) atoms. The van der Waals surface area contributed by atoms with E-state index < -0.39 is 0 Å². The lowest BCUT2D eigenvalue weighted by atomic mass is 10.1. The molecular weight excluding hydrogens is 274 g/mol. The summed E-state index contributed by atoms with van der Waals surface area (Å²) in [5.41, 5.74) is 3.41. The van der Waals surface area contributed by atoms with Crippen LogP contribution < -0.4 is 10.1 Å². The van der Waals surface area contributed by atoms with E-state index in [1.165, 1.54) is 11.1 Å². The number of hydrogen-bond donors (Lipinski definition) is 1. The van der Waals surface area contributed by atoms with Gasteiger partial charge in [0.25, 0.3) is 0 Å². The van der Waals surface area contributed by atoms with Crippen molar-refractivity contribution >= 4 is 16.7 Å². The summed E-state index contributed by atoms with van der Waals surface area (Å²) in [6, 6.07) is 14.3. The van der Waals surface area contributed by atoms with Gasteiger partial charge in [0.2, 0.25) is 0 Å². The first-order valence-electron chi connectivity index (χ1n) is 7.34. The second kappa shape index (κ2) is 6.43. The molecule has 3 aromatic rings. The summed E-state index contributed by atoms with van der Waals surface area (Å²) in [5, 5.41) is 4.47. The van der Waals surface area contributed by atoms with Crippen molar-refractivity contribution in [2.45, 2.75) is 13.3 Å². The lowest BCUT2D eigenvalue weighted by Crippen LogP contribution is -2.07. The van der Waals surface area contributed by atoms with Gasteiger partial charge in [0.05, 0.1) is 12.6 Å². The van der Waals surface area contributed by atoms with Gasteiger partial charge in [-0.25, -0.2) is 9.97 Å². The Bertz CT molecular complexity index is 786. The lowest BCUT2D eigenvalue weighted by Gasteiger charge is -2.09. The Morgan fingerprint density at radius 2 is 2.00 bits per heavy atom. The van der Waals surface area contributed by atoms with Gasteiger partial charge in [-0.05, 0) is 43.2 Å². The van der Waals surface area contributed by atoms with Gasteiger partial charge in [-0.3, -0.25) is 0 Å². The van der Waals surface area contributed by atoms with Crippen LogP contribution in [-0.4, -0.2) is 23.6 Å². The summed E-state index contributed by atoms with van der Waals surface area (Å²) in [5.74, 6) is 1.78. The monoisotopic (exact) mass is 293 g/mol. The second-order valence-corrected chi connectivity index (χ2v) is 5.27. The summed E-state index contributed by atoms with van der Waals surface area (Å²) in [7, 11) is 1.69. The van der Waals surface area contributed by atoms with E-state index in [1.807, 2.05) is 18.2 Å². The summed E-state index contributed by atoms with van der Waals surface area (Å²) in [4.78, 5) is 8.67. The Morgan fingerprint density at radius 1 is 1.09 bits per heavy atom. The molecule has 0 atom stereocenters. The summed E-state index contributed by atoms with van der Waals surface area (Å²) >= 11 is 0. The number of anilines is 1. The van der Waals surface area contributed by atoms with Crippen LogP contribution in [0.15, 0.2) is 48.8 Å². The third-order valence-corrected chi connectivity index (χ3v) is 3.63. The minimum atomic E-state index is 0.813. The SMILES string of the molecule is COc1cccc(CCNc2ncnc3ccc(C)cc23)c1. The standard InChI is InChI=1S/C18H19N3O/c1-13-6-7-17-16(10-13)18(21-12-20-17)19-9-8-14-4-3-5-15(11-14)22-2/h3-7,10-12H,8-9H2,1-2H3,(H,19,20,21). The van der Waals surface area contributed by atoms with Crippen LogP contribution in [0.3, 0.4) is 0 Å². The third-order valence-electron chi connectivity index (χ3n) is 3.63. The Kier molecular flexibility index (Phi) is 4.19. The minimum absolute atomic E-state index is 0.813. The van der Waals surface area contributed by atoms with E-state index in [4.69, 9.17) is 4.74 Å². The zero-order valence-corrected chi connectivity index (χ0v) is 12.8. The fraction of sp³-hybridized carbons (Fsp3) is 0.222. The highest BCUT2D eigenvalue weighted by Gasteiger charge is 2.03.